The fraction of sp³-hybridized carbons (Fsp3) is 0.333. The third-order valence-electron chi connectivity index (χ3n) is 3.44. The fourth-order valence-electron chi connectivity index (χ4n) is 2.10. The van der Waals surface area contributed by atoms with E-state index in [2.05, 4.69) is 17.1 Å². The van der Waals surface area contributed by atoms with Gasteiger partial charge in [-0.05, 0) is 24.9 Å². The molecule has 0 amide bonds. The van der Waals surface area contributed by atoms with Crippen molar-refractivity contribution in [2.24, 2.45) is 11.7 Å². The molecule has 1 unspecified atom stereocenters. The topological polar surface area (TPSA) is 78.1 Å². The molecule has 3 aromatic rings. The van der Waals surface area contributed by atoms with Crippen molar-refractivity contribution in [3.8, 4) is 11.4 Å². The van der Waals surface area contributed by atoms with Crippen LogP contribution in [0.1, 0.15) is 19.2 Å². The second-order valence-corrected chi connectivity index (χ2v) is 5.04. The normalized spacial score (nSPS) is 12.9. The monoisotopic (exact) mass is 271 g/mol. The Kier molecular flexibility index (Phi) is 3.52. The molecule has 0 aliphatic heterocycles. The highest BCUT2D eigenvalue weighted by Gasteiger charge is 2.14. The maximum absolute atomic E-state index is 5.60. The van der Waals surface area contributed by atoms with E-state index in [1.807, 2.05) is 24.3 Å². The van der Waals surface area contributed by atoms with Crippen LogP contribution in [-0.4, -0.2) is 16.7 Å². The van der Waals surface area contributed by atoms with Crippen molar-refractivity contribution in [2.45, 2.75) is 19.8 Å². The number of aryl methyl sites for hydroxylation is 1. The number of furan rings is 1. The predicted molar refractivity (Wildman–Crippen MR) is 76.0 cm³/mol. The van der Waals surface area contributed by atoms with E-state index in [1.165, 1.54) is 0 Å². The minimum absolute atomic E-state index is 0.458. The first-order valence-electron chi connectivity index (χ1n) is 6.77. The van der Waals surface area contributed by atoms with Gasteiger partial charge < -0.3 is 14.7 Å². The zero-order chi connectivity index (χ0) is 13.9. The zero-order valence-corrected chi connectivity index (χ0v) is 11.4. The highest BCUT2D eigenvalue weighted by molar-refractivity contribution is 5.91. The Morgan fingerprint density at radius 2 is 2.15 bits per heavy atom. The van der Waals surface area contributed by atoms with Crippen LogP contribution in [0.3, 0.4) is 0 Å². The standard InChI is InChI=1S/C15H17N3O2/c1-10(8-16)6-7-14-17-15(18-20-14)12-9-19-13-5-3-2-4-11(12)13/h2-5,9-10H,6-8,16H2,1H3. The van der Waals surface area contributed by atoms with Gasteiger partial charge in [0, 0.05) is 11.8 Å². The molecule has 1 atom stereocenters. The Labute approximate surface area is 116 Å². The van der Waals surface area contributed by atoms with Gasteiger partial charge in [-0.1, -0.05) is 30.3 Å². The van der Waals surface area contributed by atoms with Crippen molar-refractivity contribution in [2.75, 3.05) is 6.54 Å². The first-order valence-corrected chi connectivity index (χ1v) is 6.77. The van der Waals surface area contributed by atoms with E-state index in [1.54, 1.807) is 6.26 Å². The van der Waals surface area contributed by atoms with Crippen LogP contribution in [0.4, 0.5) is 0 Å². The molecule has 3 rings (SSSR count). The van der Waals surface area contributed by atoms with Gasteiger partial charge in [-0.15, -0.1) is 0 Å². The molecule has 0 aliphatic carbocycles. The Morgan fingerprint density at radius 1 is 1.30 bits per heavy atom. The summed E-state index contributed by atoms with van der Waals surface area (Å²) in [5.41, 5.74) is 7.29. The maximum atomic E-state index is 5.60. The highest BCUT2D eigenvalue weighted by atomic mass is 16.5. The van der Waals surface area contributed by atoms with Crippen LogP contribution in [0.25, 0.3) is 22.4 Å². The van der Waals surface area contributed by atoms with Gasteiger partial charge in [0.1, 0.15) is 11.8 Å². The second-order valence-electron chi connectivity index (χ2n) is 5.04. The van der Waals surface area contributed by atoms with Gasteiger partial charge in [-0.3, -0.25) is 0 Å². The van der Waals surface area contributed by atoms with Gasteiger partial charge in [-0.25, -0.2) is 0 Å². The number of rotatable bonds is 5. The van der Waals surface area contributed by atoms with Crippen molar-refractivity contribution in [1.29, 1.82) is 0 Å². The quantitative estimate of drug-likeness (QED) is 0.771. The number of hydrogen-bond donors (Lipinski definition) is 1. The second kappa shape index (κ2) is 5.46. The number of nitrogens with two attached hydrogens (primary N) is 1. The Bertz CT molecular complexity index is 702. The van der Waals surface area contributed by atoms with Crippen molar-refractivity contribution >= 4 is 11.0 Å². The number of para-hydroxylation sites is 1. The first kappa shape index (κ1) is 12.9. The van der Waals surface area contributed by atoms with Gasteiger partial charge in [0.05, 0.1) is 5.56 Å². The molecule has 0 aliphatic rings. The molecule has 5 heteroatoms. The van der Waals surface area contributed by atoms with E-state index in [0.717, 1.165) is 29.4 Å². The molecule has 1 aromatic carbocycles. The van der Waals surface area contributed by atoms with E-state index in [0.29, 0.717) is 24.2 Å². The largest absolute Gasteiger partial charge is 0.464 e. The summed E-state index contributed by atoms with van der Waals surface area (Å²) in [5, 5.41) is 5.03. The smallest absolute Gasteiger partial charge is 0.226 e. The SMILES string of the molecule is CC(CN)CCc1nc(-c2coc3ccccc23)no1. The average molecular weight is 271 g/mol. The Morgan fingerprint density at radius 3 is 3.00 bits per heavy atom. The third-order valence-corrected chi connectivity index (χ3v) is 3.44. The molecule has 0 fully saturated rings. The van der Waals surface area contributed by atoms with E-state index >= 15 is 0 Å². The van der Waals surface area contributed by atoms with Crippen LogP contribution < -0.4 is 5.73 Å². The number of hydrogen-bond acceptors (Lipinski definition) is 5. The molecule has 0 saturated heterocycles. The molecule has 0 saturated carbocycles. The lowest BCUT2D eigenvalue weighted by Crippen LogP contribution is -2.11. The summed E-state index contributed by atoms with van der Waals surface area (Å²) < 4.78 is 10.8. The number of nitrogens with zero attached hydrogens (tertiary/aromatic N) is 2. The van der Waals surface area contributed by atoms with Crippen LogP contribution in [0.5, 0.6) is 0 Å². The molecule has 5 nitrogen and oxygen atoms in total. The number of fused-ring (bicyclic) bond motifs is 1. The van der Waals surface area contributed by atoms with Gasteiger partial charge in [0.15, 0.2) is 0 Å². The molecule has 0 bridgehead atoms. The summed E-state index contributed by atoms with van der Waals surface area (Å²) in [6.45, 7) is 2.79. The molecule has 104 valence electrons. The van der Waals surface area contributed by atoms with Gasteiger partial charge in [0.25, 0.3) is 0 Å². The summed E-state index contributed by atoms with van der Waals surface area (Å²) in [5.74, 6) is 1.68. The lowest BCUT2D eigenvalue weighted by molar-refractivity contribution is 0.366. The number of aromatic nitrogens is 2. The van der Waals surface area contributed by atoms with Crippen LogP contribution in [0, 0.1) is 5.92 Å². The summed E-state index contributed by atoms with van der Waals surface area (Å²) in [7, 11) is 0. The summed E-state index contributed by atoms with van der Waals surface area (Å²) >= 11 is 0. The predicted octanol–water partition coefficient (Wildman–Crippen LogP) is 3.01. The van der Waals surface area contributed by atoms with Crippen LogP contribution >= 0.6 is 0 Å². The molecule has 2 aromatic heterocycles. The van der Waals surface area contributed by atoms with E-state index < -0.39 is 0 Å². The van der Waals surface area contributed by atoms with Crippen LogP contribution in [0.15, 0.2) is 39.5 Å². The summed E-state index contributed by atoms with van der Waals surface area (Å²) in [6, 6.07) is 7.81. The molecule has 2 N–H and O–H groups in total. The van der Waals surface area contributed by atoms with Crippen molar-refractivity contribution in [3.63, 3.8) is 0 Å². The first-order chi connectivity index (χ1) is 9.78. The van der Waals surface area contributed by atoms with E-state index in [9.17, 15) is 0 Å². The minimum atomic E-state index is 0.458. The van der Waals surface area contributed by atoms with Gasteiger partial charge in [-0.2, -0.15) is 4.98 Å². The molecular weight excluding hydrogens is 254 g/mol. The highest BCUT2D eigenvalue weighted by Crippen LogP contribution is 2.28. The summed E-state index contributed by atoms with van der Waals surface area (Å²) in [4.78, 5) is 4.43. The van der Waals surface area contributed by atoms with Gasteiger partial charge >= 0.3 is 0 Å². The lowest BCUT2D eigenvalue weighted by atomic mass is 10.1. The summed E-state index contributed by atoms with van der Waals surface area (Å²) in [6.07, 6.45) is 3.37. The molecule has 0 radical (unpaired) electrons. The average Bonchev–Trinajstić information content (AvgIpc) is 3.10. The zero-order valence-electron chi connectivity index (χ0n) is 11.4. The molecular formula is C15H17N3O2. The maximum Gasteiger partial charge on any atom is 0.226 e. The van der Waals surface area contributed by atoms with E-state index in [4.69, 9.17) is 14.7 Å². The van der Waals surface area contributed by atoms with Crippen molar-refractivity contribution in [1.82, 2.24) is 10.1 Å². The van der Waals surface area contributed by atoms with Crippen LogP contribution in [0.2, 0.25) is 0 Å². The Hall–Kier alpha value is -2.14. The third kappa shape index (κ3) is 2.44. The van der Waals surface area contributed by atoms with Gasteiger partial charge in [0.2, 0.25) is 11.7 Å². The van der Waals surface area contributed by atoms with Crippen molar-refractivity contribution < 1.29 is 8.94 Å². The van der Waals surface area contributed by atoms with Crippen molar-refractivity contribution in [3.05, 3.63) is 36.4 Å². The number of benzene rings is 1. The van der Waals surface area contributed by atoms with E-state index in [-0.39, 0.29) is 0 Å². The van der Waals surface area contributed by atoms with Crippen LogP contribution in [-0.2, 0) is 6.42 Å². The lowest BCUT2D eigenvalue weighted by Gasteiger charge is -2.03. The minimum Gasteiger partial charge on any atom is -0.464 e. The fourth-order valence-corrected chi connectivity index (χ4v) is 2.10. The molecule has 20 heavy (non-hydrogen) atoms. The molecule has 0 spiro atoms. The Balaban J connectivity index is 1.83. The molecule has 2 heterocycles.